The van der Waals surface area contributed by atoms with E-state index in [1.807, 2.05) is 54.6 Å². The minimum absolute atomic E-state index is 0.0268. The summed E-state index contributed by atoms with van der Waals surface area (Å²) < 4.78 is 0. The van der Waals surface area contributed by atoms with Crippen LogP contribution in [0.4, 0.5) is 0 Å². The number of nitrogens with zero attached hydrogens (tertiary/aromatic N) is 2. The van der Waals surface area contributed by atoms with Crippen LogP contribution in [0.3, 0.4) is 0 Å². The van der Waals surface area contributed by atoms with Gasteiger partial charge in [-0.05, 0) is 68.8 Å². The van der Waals surface area contributed by atoms with Crippen molar-refractivity contribution in [3.63, 3.8) is 0 Å². The molecule has 6 heteroatoms. The fourth-order valence-electron chi connectivity index (χ4n) is 3.84. The van der Waals surface area contributed by atoms with Crippen molar-refractivity contribution in [2.45, 2.75) is 25.3 Å². The van der Waals surface area contributed by atoms with Crippen LogP contribution in [-0.4, -0.2) is 47.2 Å². The molecule has 1 aromatic heterocycles. The maximum Gasteiger partial charge on any atom is 0.251 e. The summed E-state index contributed by atoms with van der Waals surface area (Å²) in [6.45, 7) is 1.87. The van der Waals surface area contributed by atoms with E-state index in [-0.39, 0.29) is 5.91 Å². The maximum absolute atomic E-state index is 12.4. The standard InChI is InChI=1S/C23H25ClN4O/c1-28-14-2-3-20(28)12-13-25-23(29)18-6-4-16(5-7-18)21-15-22(27-26-21)17-8-10-19(24)11-9-17/h4-11,15,20H,2-3,12-14H2,1H3,(H,25,29)(H,26,27). The summed E-state index contributed by atoms with van der Waals surface area (Å²) in [5.41, 5.74) is 4.42. The van der Waals surface area contributed by atoms with Gasteiger partial charge in [0, 0.05) is 28.7 Å². The highest BCUT2D eigenvalue weighted by Crippen LogP contribution is 2.25. The molecule has 29 heavy (non-hydrogen) atoms. The molecule has 0 spiro atoms. The third-order valence-corrected chi connectivity index (χ3v) is 5.86. The second-order valence-corrected chi connectivity index (χ2v) is 8.01. The Hall–Kier alpha value is -2.63. The minimum Gasteiger partial charge on any atom is -0.352 e. The van der Waals surface area contributed by atoms with Gasteiger partial charge in [-0.3, -0.25) is 9.89 Å². The molecular formula is C23H25ClN4O. The van der Waals surface area contributed by atoms with Crippen molar-refractivity contribution in [1.29, 1.82) is 0 Å². The van der Waals surface area contributed by atoms with Gasteiger partial charge in [0.25, 0.3) is 5.91 Å². The highest BCUT2D eigenvalue weighted by Gasteiger charge is 2.20. The molecule has 1 aliphatic heterocycles. The van der Waals surface area contributed by atoms with Gasteiger partial charge in [0.2, 0.25) is 0 Å². The highest BCUT2D eigenvalue weighted by molar-refractivity contribution is 6.30. The molecule has 4 rings (SSSR count). The molecule has 0 aliphatic carbocycles. The molecule has 5 nitrogen and oxygen atoms in total. The van der Waals surface area contributed by atoms with Crippen LogP contribution in [0.2, 0.25) is 5.02 Å². The lowest BCUT2D eigenvalue weighted by Crippen LogP contribution is -2.31. The Bertz CT molecular complexity index is 965. The number of carbonyl (C=O) groups excluding carboxylic acids is 1. The molecule has 2 heterocycles. The zero-order chi connectivity index (χ0) is 20.2. The van der Waals surface area contributed by atoms with Gasteiger partial charge in [-0.1, -0.05) is 35.9 Å². The molecule has 1 atom stereocenters. The SMILES string of the molecule is CN1CCCC1CCNC(=O)c1ccc(-c2cc(-c3ccc(Cl)cc3)[nH]n2)cc1. The summed E-state index contributed by atoms with van der Waals surface area (Å²) in [5, 5.41) is 11.2. The van der Waals surface area contributed by atoms with Gasteiger partial charge in [0.05, 0.1) is 11.4 Å². The summed E-state index contributed by atoms with van der Waals surface area (Å²) in [6, 6.07) is 17.8. The third-order valence-electron chi connectivity index (χ3n) is 5.61. The Labute approximate surface area is 176 Å². The zero-order valence-corrected chi connectivity index (χ0v) is 17.2. The van der Waals surface area contributed by atoms with Gasteiger partial charge in [-0.25, -0.2) is 0 Å². The van der Waals surface area contributed by atoms with Crippen LogP contribution >= 0.6 is 11.6 Å². The number of likely N-dealkylation sites (tertiary alicyclic amines) is 1. The van der Waals surface area contributed by atoms with Crippen LogP contribution in [-0.2, 0) is 0 Å². The van der Waals surface area contributed by atoms with Crippen molar-refractivity contribution in [3.05, 3.63) is 65.2 Å². The Morgan fingerprint density at radius 1 is 1.17 bits per heavy atom. The van der Waals surface area contributed by atoms with Crippen molar-refractivity contribution >= 4 is 17.5 Å². The van der Waals surface area contributed by atoms with Gasteiger partial charge in [0.15, 0.2) is 0 Å². The molecule has 3 aromatic rings. The number of amides is 1. The Morgan fingerprint density at radius 3 is 2.59 bits per heavy atom. The summed E-state index contributed by atoms with van der Waals surface area (Å²) in [5.74, 6) is -0.0268. The lowest BCUT2D eigenvalue weighted by Gasteiger charge is -2.19. The molecule has 150 valence electrons. The first-order valence-electron chi connectivity index (χ1n) is 10.0. The molecule has 1 amide bonds. The molecule has 0 bridgehead atoms. The quantitative estimate of drug-likeness (QED) is 0.626. The smallest absolute Gasteiger partial charge is 0.251 e. The van der Waals surface area contributed by atoms with Crippen LogP contribution in [0.5, 0.6) is 0 Å². The topological polar surface area (TPSA) is 61.0 Å². The van der Waals surface area contributed by atoms with Crippen LogP contribution in [0.15, 0.2) is 54.6 Å². The third kappa shape index (κ3) is 4.69. The molecular weight excluding hydrogens is 384 g/mol. The molecule has 2 N–H and O–H groups in total. The first kappa shape index (κ1) is 19.7. The number of benzene rings is 2. The van der Waals surface area contributed by atoms with Crippen molar-refractivity contribution < 1.29 is 4.79 Å². The first-order valence-corrected chi connectivity index (χ1v) is 10.4. The summed E-state index contributed by atoms with van der Waals surface area (Å²) in [4.78, 5) is 14.8. The number of H-pyrrole nitrogens is 1. The molecule has 2 aromatic carbocycles. The van der Waals surface area contributed by atoms with E-state index in [2.05, 4.69) is 27.5 Å². The van der Waals surface area contributed by atoms with Crippen LogP contribution in [0, 0.1) is 0 Å². The number of hydrogen-bond donors (Lipinski definition) is 2. The summed E-state index contributed by atoms with van der Waals surface area (Å²) in [7, 11) is 2.16. The molecule has 1 unspecified atom stereocenters. The summed E-state index contributed by atoms with van der Waals surface area (Å²) >= 11 is 5.95. The van der Waals surface area contributed by atoms with Crippen molar-refractivity contribution in [1.82, 2.24) is 20.4 Å². The van der Waals surface area contributed by atoms with E-state index in [9.17, 15) is 4.79 Å². The molecule has 1 fully saturated rings. The second kappa shape index (κ2) is 8.80. The fraction of sp³-hybridized carbons (Fsp3) is 0.304. The molecule has 1 aliphatic rings. The number of hydrogen-bond acceptors (Lipinski definition) is 3. The molecule has 0 radical (unpaired) electrons. The predicted molar refractivity (Wildman–Crippen MR) is 117 cm³/mol. The number of halogens is 1. The predicted octanol–water partition coefficient (Wildman–Crippen LogP) is 4.61. The van der Waals surface area contributed by atoms with E-state index in [4.69, 9.17) is 11.6 Å². The van der Waals surface area contributed by atoms with E-state index in [0.717, 1.165) is 35.5 Å². The fourth-order valence-corrected chi connectivity index (χ4v) is 3.96. The van der Waals surface area contributed by atoms with E-state index in [1.54, 1.807) is 0 Å². The van der Waals surface area contributed by atoms with E-state index in [1.165, 1.54) is 12.8 Å². The largest absolute Gasteiger partial charge is 0.352 e. The Balaban J connectivity index is 1.36. The number of nitrogens with one attached hydrogen (secondary N) is 2. The Kier molecular flexibility index (Phi) is 5.97. The number of aromatic amines is 1. The average Bonchev–Trinajstić information content (AvgIpc) is 3.38. The Morgan fingerprint density at radius 2 is 1.90 bits per heavy atom. The van der Waals surface area contributed by atoms with Gasteiger partial charge in [-0.15, -0.1) is 0 Å². The van der Waals surface area contributed by atoms with Gasteiger partial charge >= 0.3 is 0 Å². The second-order valence-electron chi connectivity index (χ2n) is 7.57. The highest BCUT2D eigenvalue weighted by atomic mass is 35.5. The van der Waals surface area contributed by atoms with Crippen molar-refractivity contribution in [2.24, 2.45) is 0 Å². The van der Waals surface area contributed by atoms with Crippen LogP contribution < -0.4 is 5.32 Å². The van der Waals surface area contributed by atoms with Crippen LogP contribution in [0.25, 0.3) is 22.5 Å². The lowest BCUT2D eigenvalue weighted by molar-refractivity contribution is 0.0950. The van der Waals surface area contributed by atoms with E-state index < -0.39 is 0 Å². The van der Waals surface area contributed by atoms with Crippen molar-refractivity contribution in [3.8, 4) is 22.5 Å². The average molecular weight is 409 g/mol. The van der Waals surface area contributed by atoms with Crippen molar-refractivity contribution in [2.75, 3.05) is 20.1 Å². The van der Waals surface area contributed by atoms with Gasteiger partial charge in [0.1, 0.15) is 0 Å². The number of carbonyl (C=O) groups is 1. The van der Waals surface area contributed by atoms with Gasteiger partial charge in [-0.2, -0.15) is 5.10 Å². The summed E-state index contributed by atoms with van der Waals surface area (Å²) in [6.07, 6.45) is 3.48. The van der Waals surface area contributed by atoms with E-state index in [0.29, 0.717) is 23.2 Å². The maximum atomic E-state index is 12.4. The normalized spacial score (nSPS) is 16.8. The monoisotopic (exact) mass is 408 g/mol. The number of rotatable bonds is 6. The number of aromatic nitrogens is 2. The lowest BCUT2D eigenvalue weighted by atomic mass is 10.1. The molecule has 0 saturated carbocycles. The first-order chi connectivity index (χ1) is 14.1. The minimum atomic E-state index is -0.0268. The molecule has 1 saturated heterocycles. The van der Waals surface area contributed by atoms with E-state index >= 15 is 0 Å². The van der Waals surface area contributed by atoms with Crippen LogP contribution in [0.1, 0.15) is 29.6 Å². The van der Waals surface area contributed by atoms with Gasteiger partial charge < -0.3 is 10.2 Å². The zero-order valence-electron chi connectivity index (χ0n) is 16.5.